The fraction of sp³-hybridized carbons (Fsp3) is 1.00. The van der Waals surface area contributed by atoms with Gasteiger partial charge in [-0.3, -0.25) is 9.11 Å². The maximum absolute atomic E-state index is 9.66. The predicted molar refractivity (Wildman–Crippen MR) is 37.1 cm³/mol. The molecule has 62 valence electrons. The molecule has 2 N–H and O–H groups in total. The molecule has 0 aromatic heterocycles. The predicted octanol–water partition coefficient (Wildman–Crippen LogP) is -4.32. The zero-order chi connectivity index (χ0) is 7.71. The molecule has 11 heavy (non-hydrogen) atoms. The van der Waals surface area contributed by atoms with Crippen LogP contribution >= 0.6 is 0 Å². The summed E-state index contributed by atoms with van der Waals surface area (Å²) in [5.74, 6) is 0. The Balaban J connectivity index is -0.0000000320. The van der Waals surface area contributed by atoms with Gasteiger partial charge >= 0.3 is 78.4 Å². The van der Waals surface area contributed by atoms with Crippen LogP contribution in [0.3, 0.4) is 0 Å². The van der Waals surface area contributed by atoms with Gasteiger partial charge in [-0.15, -0.1) is 0 Å². The minimum atomic E-state index is -4.62. The van der Waals surface area contributed by atoms with E-state index >= 15 is 0 Å². The van der Waals surface area contributed by atoms with E-state index < -0.39 is 25.3 Å². The second-order valence-electron chi connectivity index (χ2n) is 1.28. The van der Waals surface area contributed by atoms with Crippen molar-refractivity contribution in [3.63, 3.8) is 0 Å². The Morgan fingerprint density at radius 1 is 1.00 bits per heavy atom. The van der Waals surface area contributed by atoms with Gasteiger partial charge in [-0.2, -0.15) is 16.8 Å². The Morgan fingerprint density at radius 2 is 1.18 bits per heavy atom. The van der Waals surface area contributed by atoms with Crippen LogP contribution in [0.1, 0.15) is 4.28 Å². The van der Waals surface area contributed by atoms with Crippen LogP contribution in [0, 0.1) is 0 Å². The molecule has 0 bridgehead atoms. The van der Waals surface area contributed by atoms with Gasteiger partial charge < -0.3 is 4.28 Å². The Morgan fingerprint density at radius 3 is 1.18 bits per heavy atom. The largest absolute Gasteiger partial charge is 2.00 e. The minimum absolute atomic E-state index is 0. The first-order valence-electron chi connectivity index (χ1n) is 1.61. The molecule has 0 amide bonds. The molecule has 0 aromatic carbocycles. The average Bonchev–Trinajstić information content (AvgIpc) is 1.14. The molecule has 0 spiro atoms. The maximum Gasteiger partial charge on any atom is 2.00 e. The zero-order valence-electron chi connectivity index (χ0n) is 8.76. The third-order valence-corrected chi connectivity index (χ3v) is 2.68. The Labute approximate surface area is 131 Å². The molecule has 0 aliphatic heterocycles. The summed E-state index contributed by atoms with van der Waals surface area (Å²) in [6, 6.07) is 0. The van der Waals surface area contributed by atoms with Crippen LogP contribution in [0.4, 0.5) is 0 Å². The molecule has 10 heteroatoms. The minimum Gasteiger partial charge on any atom is -1.00 e. The average molecular weight is 340 g/mol. The normalized spacial score (nSPS) is 11.1. The molecule has 0 heterocycles. The molecule has 6 nitrogen and oxygen atoms in total. The van der Waals surface area contributed by atoms with E-state index in [1.807, 2.05) is 0 Å². The summed E-state index contributed by atoms with van der Waals surface area (Å²) in [4.78, 5) is 0. The van der Waals surface area contributed by atoms with Crippen molar-refractivity contribution in [3.05, 3.63) is 0 Å². The van der Waals surface area contributed by atoms with Gasteiger partial charge in [0.15, 0.2) is 0 Å². The quantitative estimate of drug-likeness (QED) is 0.389. The van der Waals surface area contributed by atoms with E-state index in [4.69, 9.17) is 9.11 Å². The Kier molecular flexibility index (Phi) is 11.8. The number of hydrogen-bond donors (Lipinski definition) is 2. The maximum atomic E-state index is 9.66. The van der Waals surface area contributed by atoms with Crippen molar-refractivity contribution >= 4 is 69.1 Å². The second-order valence-corrected chi connectivity index (χ2v) is 4.55. The van der Waals surface area contributed by atoms with Crippen LogP contribution in [-0.2, 0) is 20.2 Å². The molecular formula is CH7BaNaO6S2. The third-order valence-electron chi connectivity index (χ3n) is 0.298. The molecule has 0 atom stereocenters. The van der Waals surface area contributed by atoms with Gasteiger partial charge in [-0.1, -0.05) is 0 Å². The van der Waals surface area contributed by atoms with E-state index in [-0.39, 0.29) is 82.7 Å². The van der Waals surface area contributed by atoms with Gasteiger partial charge in [0.2, 0.25) is 5.08 Å². The molecule has 0 radical (unpaired) electrons. The van der Waals surface area contributed by atoms with Crippen LogP contribution in [0.5, 0.6) is 0 Å². The van der Waals surface area contributed by atoms with Gasteiger partial charge in [-0.05, 0) is 0 Å². The monoisotopic (exact) mass is 340 g/mol. The molecule has 0 rings (SSSR count). The van der Waals surface area contributed by atoms with Crippen molar-refractivity contribution in [2.24, 2.45) is 0 Å². The molecule has 0 saturated carbocycles. The first kappa shape index (κ1) is 19.0. The van der Waals surface area contributed by atoms with Crippen molar-refractivity contribution in [3.8, 4) is 0 Å². The summed E-state index contributed by atoms with van der Waals surface area (Å²) in [5, 5.41) is -1.65. The molecule has 0 unspecified atom stereocenters. The van der Waals surface area contributed by atoms with Gasteiger partial charge in [0.1, 0.15) is 0 Å². The summed E-state index contributed by atoms with van der Waals surface area (Å²) in [5.41, 5.74) is 0. The Hall–Kier alpha value is 2.39. The van der Waals surface area contributed by atoms with E-state index in [0.717, 1.165) is 0 Å². The van der Waals surface area contributed by atoms with Crippen LogP contribution in [0.2, 0.25) is 0 Å². The topological polar surface area (TPSA) is 109 Å². The van der Waals surface area contributed by atoms with Crippen LogP contribution in [0.25, 0.3) is 0 Å². The van der Waals surface area contributed by atoms with E-state index in [1.54, 1.807) is 0 Å². The summed E-state index contributed by atoms with van der Waals surface area (Å²) in [6.45, 7) is 0. The van der Waals surface area contributed by atoms with Crippen LogP contribution < -0.4 is 29.6 Å². The van der Waals surface area contributed by atoms with Gasteiger partial charge in [0.05, 0.1) is 0 Å². The zero-order valence-corrected chi connectivity index (χ0v) is 13.8. The molecule has 0 aliphatic carbocycles. The van der Waals surface area contributed by atoms with E-state index in [9.17, 15) is 16.8 Å². The SMILES string of the molecule is O=S(=O)(O)CS(=O)(=O)O.[Ba+2].[H-].[H-].[H-].[Na+]. The fourth-order valence-corrected chi connectivity index (χ4v) is 1.69. The van der Waals surface area contributed by atoms with Crippen molar-refractivity contribution in [1.29, 1.82) is 0 Å². The third kappa shape index (κ3) is 19.0. The summed E-state index contributed by atoms with van der Waals surface area (Å²) >= 11 is 0. The molecule has 0 aliphatic rings. The second kappa shape index (κ2) is 6.79. The first-order valence-corrected chi connectivity index (χ1v) is 4.83. The van der Waals surface area contributed by atoms with E-state index in [1.165, 1.54) is 0 Å². The van der Waals surface area contributed by atoms with Gasteiger partial charge in [0.25, 0.3) is 20.2 Å². The fourth-order valence-electron chi connectivity index (χ4n) is 0.188. The Bertz CT molecular complexity index is 256. The smallest absolute Gasteiger partial charge is 1.00 e. The van der Waals surface area contributed by atoms with Crippen molar-refractivity contribution in [1.82, 2.24) is 0 Å². The number of rotatable bonds is 2. The first-order chi connectivity index (χ1) is 3.71. The van der Waals surface area contributed by atoms with Crippen molar-refractivity contribution in [2.45, 2.75) is 0 Å². The summed E-state index contributed by atoms with van der Waals surface area (Å²) < 4.78 is 54.2. The molecular weight excluding hydrogens is 332 g/mol. The van der Waals surface area contributed by atoms with Crippen molar-refractivity contribution in [2.75, 3.05) is 5.08 Å². The van der Waals surface area contributed by atoms with E-state index in [2.05, 4.69) is 0 Å². The molecule has 0 aromatic rings. The standard InChI is InChI=1S/CH4O6S2.Ba.Na.3H/c2-8(3,4)1-9(5,6)7;;;;;/h1H2,(H,2,3,4)(H,5,6,7);;;;;/q;+2;+1;3*-1. The van der Waals surface area contributed by atoms with Crippen molar-refractivity contribution < 1.29 is 59.8 Å². The molecule has 0 fully saturated rings. The van der Waals surface area contributed by atoms with Gasteiger partial charge in [0, 0.05) is 0 Å². The number of hydrogen-bond acceptors (Lipinski definition) is 4. The summed E-state index contributed by atoms with van der Waals surface area (Å²) in [6.07, 6.45) is 0. The van der Waals surface area contributed by atoms with E-state index in [0.29, 0.717) is 0 Å². The van der Waals surface area contributed by atoms with Gasteiger partial charge in [-0.25, -0.2) is 0 Å². The summed E-state index contributed by atoms with van der Waals surface area (Å²) in [7, 11) is -9.24. The molecule has 0 saturated heterocycles. The van der Waals surface area contributed by atoms with Crippen LogP contribution in [-0.4, -0.2) is 79.9 Å². The van der Waals surface area contributed by atoms with Crippen LogP contribution in [0.15, 0.2) is 0 Å².